The molecule has 0 aliphatic carbocycles. The molecule has 1 aromatic carbocycles. The molecule has 24 heavy (non-hydrogen) atoms. The fourth-order valence-corrected chi connectivity index (χ4v) is 3.40. The maximum absolute atomic E-state index is 13.1. The summed E-state index contributed by atoms with van der Waals surface area (Å²) in [5.74, 6) is 2.87. The summed E-state index contributed by atoms with van der Waals surface area (Å²) in [4.78, 5) is 4.12. The monoisotopic (exact) mass is 452 g/mol. The average Bonchev–Trinajstić information content (AvgIpc) is 2.93. The van der Waals surface area contributed by atoms with Crippen LogP contribution in [-0.2, 0) is 6.18 Å². The Morgan fingerprint density at radius 1 is 1.42 bits per heavy atom. The van der Waals surface area contributed by atoms with Crippen molar-refractivity contribution in [3.63, 3.8) is 0 Å². The van der Waals surface area contributed by atoms with Crippen molar-refractivity contribution < 1.29 is 13.2 Å². The lowest BCUT2D eigenvalue weighted by molar-refractivity contribution is -0.136. The normalized spacial score (nSPS) is 11.0. The Kier molecular flexibility index (Phi) is 6.45. The van der Waals surface area contributed by atoms with Crippen LogP contribution in [0.4, 0.5) is 24.0 Å². The molecule has 0 atom stereocenters. The highest BCUT2D eigenvalue weighted by Gasteiger charge is 2.34. The summed E-state index contributed by atoms with van der Waals surface area (Å²) >= 11 is 10.4. The van der Waals surface area contributed by atoms with Crippen molar-refractivity contribution >= 4 is 67.4 Å². The fraction of sp³-hybridized carbons (Fsp3) is 0.154. The molecule has 0 unspecified atom stereocenters. The zero-order valence-electron chi connectivity index (χ0n) is 11.6. The maximum atomic E-state index is 13.1. The summed E-state index contributed by atoms with van der Waals surface area (Å²) < 4.78 is 43.6. The molecule has 2 rings (SSSR count). The third-order valence-electron chi connectivity index (χ3n) is 2.45. The number of terminal acetylenes is 1. The van der Waals surface area contributed by atoms with Gasteiger partial charge in [0.1, 0.15) is 0 Å². The fourth-order valence-electron chi connectivity index (χ4n) is 1.54. The Bertz CT molecular complexity index is 785. The van der Waals surface area contributed by atoms with Crippen molar-refractivity contribution in [1.82, 2.24) is 9.36 Å². The predicted octanol–water partition coefficient (Wildman–Crippen LogP) is 4.85. The summed E-state index contributed by atoms with van der Waals surface area (Å²) in [7, 11) is 0. The van der Waals surface area contributed by atoms with E-state index in [2.05, 4.69) is 41.8 Å². The summed E-state index contributed by atoms with van der Waals surface area (Å²) in [6.07, 6.45) is 0.635. The first kappa shape index (κ1) is 19.0. The van der Waals surface area contributed by atoms with Gasteiger partial charge >= 0.3 is 6.18 Å². The Balaban J connectivity index is 2.08. The van der Waals surface area contributed by atoms with E-state index in [9.17, 15) is 13.2 Å². The summed E-state index contributed by atoms with van der Waals surface area (Å²) in [6.45, 7) is 0. The first-order valence-corrected chi connectivity index (χ1v) is 9.10. The highest BCUT2D eigenvalue weighted by molar-refractivity contribution is 9.10. The van der Waals surface area contributed by atoms with Gasteiger partial charge in [-0.2, -0.15) is 22.5 Å². The minimum atomic E-state index is -4.51. The highest BCUT2D eigenvalue weighted by atomic mass is 79.9. The first-order valence-electron chi connectivity index (χ1n) is 6.14. The lowest BCUT2D eigenvalue weighted by atomic mass is 10.1. The van der Waals surface area contributed by atoms with E-state index in [0.717, 1.165) is 17.6 Å². The highest BCUT2D eigenvalue weighted by Crippen LogP contribution is 2.36. The van der Waals surface area contributed by atoms with E-state index < -0.39 is 11.7 Å². The van der Waals surface area contributed by atoms with Crippen molar-refractivity contribution in [2.45, 2.75) is 11.3 Å². The Morgan fingerprint density at radius 2 is 2.17 bits per heavy atom. The van der Waals surface area contributed by atoms with Gasteiger partial charge in [0.25, 0.3) is 0 Å². The smallest absolute Gasteiger partial charge is 0.332 e. The minimum absolute atomic E-state index is 0.0209. The van der Waals surface area contributed by atoms with Crippen molar-refractivity contribution in [3.05, 3.63) is 28.2 Å². The van der Waals surface area contributed by atoms with Gasteiger partial charge in [0.05, 0.1) is 17.0 Å². The molecule has 11 heteroatoms. The summed E-state index contributed by atoms with van der Waals surface area (Å²) in [5, 5.41) is 6.04. The Labute approximate surface area is 157 Å². The second-order valence-electron chi connectivity index (χ2n) is 4.14. The maximum Gasteiger partial charge on any atom is 0.418 e. The molecule has 0 saturated carbocycles. The van der Waals surface area contributed by atoms with Gasteiger partial charge in [-0.1, -0.05) is 33.6 Å². The molecular formula is C13H8BrF3N4S3. The van der Waals surface area contributed by atoms with Crippen LogP contribution in [0.25, 0.3) is 0 Å². The molecule has 2 N–H and O–H groups in total. The molecule has 0 aliphatic rings. The van der Waals surface area contributed by atoms with Crippen LogP contribution in [0.3, 0.4) is 0 Å². The van der Waals surface area contributed by atoms with E-state index in [1.807, 2.05) is 0 Å². The molecule has 0 saturated heterocycles. The van der Waals surface area contributed by atoms with Crippen LogP contribution < -0.4 is 10.6 Å². The van der Waals surface area contributed by atoms with Crippen LogP contribution in [0.2, 0.25) is 0 Å². The topological polar surface area (TPSA) is 49.8 Å². The molecule has 2 aromatic rings. The third kappa shape index (κ3) is 5.34. The number of nitrogens with zero attached hydrogens (tertiary/aromatic N) is 2. The van der Waals surface area contributed by atoms with Gasteiger partial charge in [0.2, 0.25) is 10.3 Å². The lowest BCUT2D eigenvalue weighted by Gasteiger charge is -2.15. The molecule has 0 radical (unpaired) electrons. The number of aromatic nitrogens is 2. The lowest BCUT2D eigenvalue weighted by Crippen LogP contribution is -2.21. The van der Waals surface area contributed by atoms with Crippen LogP contribution in [0.1, 0.15) is 5.56 Å². The van der Waals surface area contributed by atoms with Gasteiger partial charge in [0.15, 0.2) is 5.11 Å². The number of halogens is 4. The Morgan fingerprint density at radius 3 is 2.83 bits per heavy atom. The summed E-state index contributed by atoms with van der Waals surface area (Å²) in [6, 6.07) is 3.75. The van der Waals surface area contributed by atoms with E-state index in [0.29, 0.717) is 20.5 Å². The van der Waals surface area contributed by atoms with E-state index in [4.69, 9.17) is 18.6 Å². The predicted molar refractivity (Wildman–Crippen MR) is 98.5 cm³/mol. The van der Waals surface area contributed by atoms with E-state index in [-0.39, 0.29) is 10.8 Å². The number of rotatable bonds is 4. The zero-order chi connectivity index (χ0) is 17.7. The summed E-state index contributed by atoms with van der Waals surface area (Å²) in [5.41, 5.74) is -0.988. The number of hydrogen-bond donors (Lipinski definition) is 2. The standard InChI is InChI=1S/C13H8BrF3N4S3/c1-2-5-23-12-20-11(24-21-12)19-10(22)18-9-4-3-7(14)6-8(9)13(15,16)17/h1,3-4,6H,5H2,(H2,18,19,20,21,22). The van der Waals surface area contributed by atoms with Gasteiger partial charge in [-0.15, -0.1) is 6.42 Å². The van der Waals surface area contributed by atoms with Gasteiger partial charge in [-0.05, 0) is 30.4 Å². The van der Waals surface area contributed by atoms with E-state index in [1.54, 1.807) is 0 Å². The van der Waals surface area contributed by atoms with Crippen LogP contribution >= 0.6 is 51.4 Å². The number of alkyl halides is 3. The van der Waals surface area contributed by atoms with Crippen molar-refractivity contribution in [3.8, 4) is 12.3 Å². The van der Waals surface area contributed by atoms with Crippen molar-refractivity contribution in [2.75, 3.05) is 16.4 Å². The van der Waals surface area contributed by atoms with Crippen LogP contribution in [-0.4, -0.2) is 20.2 Å². The second kappa shape index (κ2) is 8.15. The van der Waals surface area contributed by atoms with Gasteiger partial charge < -0.3 is 10.6 Å². The molecule has 0 fully saturated rings. The van der Waals surface area contributed by atoms with E-state index >= 15 is 0 Å². The van der Waals surface area contributed by atoms with Gasteiger partial charge in [-0.25, -0.2) is 0 Å². The van der Waals surface area contributed by atoms with Crippen molar-refractivity contribution in [2.24, 2.45) is 0 Å². The minimum Gasteiger partial charge on any atom is -0.332 e. The van der Waals surface area contributed by atoms with Gasteiger partial charge in [-0.3, -0.25) is 0 Å². The van der Waals surface area contributed by atoms with Crippen LogP contribution in [0.5, 0.6) is 0 Å². The first-order chi connectivity index (χ1) is 11.3. The molecule has 126 valence electrons. The van der Waals surface area contributed by atoms with Crippen LogP contribution in [0, 0.1) is 12.3 Å². The van der Waals surface area contributed by atoms with Gasteiger partial charge in [0, 0.05) is 16.0 Å². The number of hydrogen-bond acceptors (Lipinski definition) is 5. The number of benzene rings is 1. The molecule has 0 bridgehead atoms. The average molecular weight is 453 g/mol. The Hall–Kier alpha value is -1.35. The molecule has 1 heterocycles. The number of nitrogens with one attached hydrogen (secondary N) is 2. The number of thioether (sulfide) groups is 1. The number of thiocarbonyl (C=S) groups is 1. The molecule has 4 nitrogen and oxygen atoms in total. The van der Waals surface area contributed by atoms with Crippen molar-refractivity contribution in [1.29, 1.82) is 0 Å². The zero-order valence-corrected chi connectivity index (χ0v) is 15.7. The third-order valence-corrected chi connectivity index (χ3v) is 4.64. The number of anilines is 2. The molecule has 0 amide bonds. The van der Waals surface area contributed by atoms with E-state index in [1.165, 1.54) is 23.9 Å². The molecule has 0 spiro atoms. The van der Waals surface area contributed by atoms with Crippen LogP contribution in [0.15, 0.2) is 27.8 Å². The molecule has 1 aromatic heterocycles. The SMILES string of the molecule is C#CCSc1nsc(NC(=S)Nc2ccc(Br)cc2C(F)(F)F)n1. The largest absolute Gasteiger partial charge is 0.418 e. The molecular weight excluding hydrogens is 445 g/mol. The second-order valence-corrected chi connectivity index (χ2v) is 7.16. The quantitative estimate of drug-likeness (QED) is 0.392. The molecule has 0 aliphatic heterocycles.